The molecule has 1 N–H and O–H groups in total. The van der Waals surface area contributed by atoms with Gasteiger partial charge < -0.3 is 5.32 Å². The molecule has 0 spiro atoms. The van der Waals surface area contributed by atoms with E-state index in [9.17, 15) is 0 Å². The largest absolute Gasteiger partial charge is 0.314 e. The molecule has 3 nitrogen and oxygen atoms in total. The molecule has 1 aromatic heterocycles. The second-order valence-electron chi connectivity index (χ2n) is 5.96. The molecule has 0 radical (unpaired) electrons. The third-order valence-electron chi connectivity index (χ3n) is 3.37. The summed E-state index contributed by atoms with van der Waals surface area (Å²) < 4.78 is 1.04. The Balaban J connectivity index is 0.00000180. The van der Waals surface area contributed by atoms with Gasteiger partial charge in [0.1, 0.15) is 0 Å². The van der Waals surface area contributed by atoms with Crippen LogP contribution in [0.1, 0.15) is 32.5 Å². The molecule has 0 aliphatic carbocycles. The van der Waals surface area contributed by atoms with Crippen LogP contribution in [0.2, 0.25) is 0 Å². The summed E-state index contributed by atoms with van der Waals surface area (Å²) in [4.78, 5) is 7.16. The highest BCUT2D eigenvalue weighted by Gasteiger charge is 2.33. The van der Waals surface area contributed by atoms with Gasteiger partial charge >= 0.3 is 0 Å². The molecule has 2 heterocycles. The fourth-order valence-electron chi connectivity index (χ4n) is 2.67. The highest BCUT2D eigenvalue weighted by atomic mass is 79.9. The van der Waals surface area contributed by atoms with E-state index in [1.165, 1.54) is 5.69 Å². The summed E-state index contributed by atoms with van der Waals surface area (Å²) in [5, 5.41) is 3.41. The molecular formula is C14H24BrCl2N3. The van der Waals surface area contributed by atoms with Crippen LogP contribution in [-0.2, 0) is 0 Å². The molecule has 1 atom stereocenters. The van der Waals surface area contributed by atoms with Crippen LogP contribution in [0.3, 0.4) is 0 Å². The molecule has 1 aromatic rings. The minimum atomic E-state index is 0. The first-order valence-corrected chi connectivity index (χ1v) is 7.34. The van der Waals surface area contributed by atoms with Gasteiger partial charge in [-0.05, 0) is 33.5 Å². The predicted molar refractivity (Wildman–Crippen MR) is 93.1 cm³/mol. The van der Waals surface area contributed by atoms with Gasteiger partial charge in [-0.3, -0.25) is 9.88 Å². The first-order chi connectivity index (χ1) is 8.48. The number of hydrogen-bond acceptors (Lipinski definition) is 3. The molecule has 1 aliphatic rings. The van der Waals surface area contributed by atoms with Crippen molar-refractivity contribution in [2.75, 3.05) is 26.2 Å². The Morgan fingerprint density at radius 3 is 2.25 bits per heavy atom. The Kier molecular flexibility index (Phi) is 8.60. The molecule has 0 amide bonds. The average Bonchev–Trinajstić information content (AvgIpc) is 2.32. The van der Waals surface area contributed by atoms with Crippen molar-refractivity contribution in [3.8, 4) is 0 Å². The molecule has 1 aliphatic heterocycles. The first kappa shape index (κ1) is 20.1. The molecular weight excluding hydrogens is 361 g/mol. The molecule has 1 fully saturated rings. The monoisotopic (exact) mass is 383 g/mol. The SMILES string of the molecule is CC(C)(C)[C@H](c1ccc(Br)cn1)N1CCNCC1.Cl.Cl. The molecule has 6 heteroatoms. The van der Waals surface area contributed by atoms with Crippen molar-refractivity contribution >= 4 is 40.7 Å². The van der Waals surface area contributed by atoms with Crippen molar-refractivity contribution in [3.63, 3.8) is 0 Å². The smallest absolute Gasteiger partial charge is 0.0581 e. The lowest BCUT2D eigenvalue weighted by atomic mass is 9.83. The molecule has 1 saturated heterocycles. The number of piperazine rings is 1. The van der Waals surface area contributed by atoms with E-state index in [2.05, 4.69) is 64.0 Å². The van der Waals surface area contributed by atoms with Crippen LogP contribution >= 0.6 is 40.7 Å². The maximum absolute atomic E-state index is 4.61. The van der Waals surface area contributed by atoms with Gasteiger partial charge in [-0.25, -0.2) is 0 Å². The summed E-state index contributed by atoms with van der Waals surface area (Å²) in [6, 6.07) is 4.61. The summed E-state index contributed by atoms with van der Waals surface area (Å²) in [5.74, 6) is 0. The first-order valence-electron chi connectivity index (χ1n) is 6.55. The second kappa shape index (κ2) is 8.54. The Bertz CT molecular complexity index is 386. The van der Waals surface area contributed by atoms with Crippen LogP contribution in [0.5, 0.6) is 0 Å². The Morgan fingerprint density at radius 1 is 1.20 bits per heavy atom. The lowest BCUT2D eigenvalue weighted by Crippen LogP contribution is -2.48. The van der Waals surface area contributed by atoms with Crippen LogP contribution in [0, 0.1) is 5.41 Å². The maximum atomic E-state index is 4.61. The fourth-order valence-corrected chi connectivity index (χ4v) is 2.90. The number of halogens is 3. The number of pyridine rings is 1. The molecule has 0 aromatic carbocycles. The van der Waals surface area contributed by atoms with E-state index in [1.54, 1.807) is 0 Å². The van der Waals surface area contributed by atoms with Gasteiger partial charge in [0.05, 0.1) is 11.7 Å². The zero-order valence-electron chi connectivity index (χ0n) is 12.2. The maximum Gasteiger partial charge on any atom is 0.0581 e. The standard InChI is InChI=1S/C14H22BrN3.2ClH/c1-14(2,3)13(18-8-6-16-7-9-18)12-5-4-11(15)10-17-12;;/h4-5,10,13,16H,6-9H2,1-3H3;2*1H/t13-;;/m0../s1. The molecule has 2 rings (SSSR count). The van der Waals surface area contributed by atoms with Gasteiger partial charge in [-0.1, -0.05) is 20.8 Å². The lowest BCUT2D eigenvalue weighted by molar-refractivity contribution is 0.0831. The van der Waals surface area contributed by atoms with Crippen molar-refractivity contribution in [3.05, 3.63) is 28.5 Å². The topological polar surface area (TPSA) is 28.2 Å². The number of rotatable bonds is 2. The fraction of sp³-hybridized carbons (Fsp3) is 0.643. The number of aromatic nitrogens is 1. The van der Waals surface area contributed by atoms with Crippen LogP contribution in [-0.4, -0.2) is 36.1 Å². The number of nitrogens with zero attached hydrogens (tertiary/aromatic N) is 2. The van der Waals surface area contributed by atoms with E-state index >= 15 is 0 Å². The van der Waals surface area contributed by atoms with E-state index in [1.807, 2.05) is 6.20 Å². The van der Waals surface area contributed by atoms with E-state index in [0.29, 0.717) is 6.04 Å². The third-order valence-corrected chi connectivity index (χ3v) is 3.84. The van der Waals surface area contributed by atoms with Crippen molar-refractivity contribution in [1.29, 1.82) is 0 Å². The molecule has 0 unspecified atom stereocenters. The van der Waals surface area contributed by atoms with Gasteiger partial charge in [0, 0.05) is 36.8 Å². The lowest BCUT2D eigenvalue weighted by Gasteiger charge is -2.41. The molecule has 0 saturated carbocycles. The highest BCUT2D eigenvalue weighted by Crippen LogP contribution is 2.37. The van der Waals surface area contributed by atoms with Crippen LogP contribution in [0.4, 0.5) is 0 Å². The highest BCUT2D eigenvalue weighted by molar-refractivity contribution is 9.10. The van der Waals surface area contributed by atoms with Crippen molar-refractivity contribution in [2.45, 2.75) is 26.8 Å². The summed E-state index contributed by atoms with van der Waals surface area (Å²) in [6.45, 7) is 11.2. The van der Waals surface area contributed by atoms with Crippen LogP contribution in [0.25, 0.3) is 0 Å². The van der Waals surface area contributed by atoms with Gasteiger partial charge in [-0.15, -0.1) is 24.8 Å². The van der Waals surface area contributed by atoms with Crippen molar-refractivity contribution < 1.29 is 0 Å². The minimum absolute atomic E-state index is 0. The summed E-state index contributed by atoms with van der Waals surface area (Å²) >= 11 is 3.45. The minimum Gasteiger partial charge on any atom is -0.314 e. The zero-order chi connectivity index (χ0) is 13.2. The summed E-state index contributed by atoms with van der Waals surface area (Å²) in [5.41, 5.74) is 1.37. The van der Waals surface area contributed by atoms with Gasteiger partial charge in [0.15, 0.2) is 0 Å². The van der Waals surface area contributed by atoms with Gasteiger partial charge in [-0.2, -0.15) is 0 Å². The predicted octanol–water partition coefficient (Wildman–Crippen LogP) is 3.68. The van der Waals surface area contributed by atoms with E-state index in [4.69, 9.17) is 0 Å². The number of nitrogens with one attached hydrogen (secondary N) is 1. The normalized spacial score (nSPS) is 17.8. The van der Waals surface area contributed by atoms with E-state index in [0.717, 1.165) is 30.7 Å². The zero-order valence-corrected chi connectivity index (χ0v) is 15.4. The molecule has 0 bridgehead atoms. The summed E-state index contributed by atoms with van der Waals surface area (Å²) in [6.07, 6.45) is 1.90. The van der Waals surface area contributed by atoms with Crippen LogP contribution < -0.4 is 5.32 Å². The van der Waals surface area contributed by atoms with E-state index < -0.39 is 0 Å². The van der Waals surface area contributed by atoms with Gasteiger partial charge in [0.2, 0.25) is 0 Å². The summed E-state index contributed by atoms with van der Waals surface area (Å²) in [7, 11) is 0. The Hall–Kier alpha value is 0.130. The third kappa shape index (κ3) is 5.15. The number of hydrogen-bond donors (Lipinski definition) is 1. The van der Waals surface area contributed by atoms with E-state index in [-0.39, 0.29) is 30.2 Å². The van der Waals surface area contributed by atoms with Gasteiger partial charge in [0.25, 0.3) is 0 Å². The van der Waals surface area contributed by atoms with Crippen molar-refractivity contribution in [2.24, 2.45) is 5.41 Å². The quantitative estimate of drug-likeness (QED) is 0.842. The van der Waals surface area contributed by atoms with Crippen molar-refractivity contribution in [1.82, 2.24) is 15.2 Å². The average molecular weight is 385 g/mol. The Morgan fingerprint density at radius 2 is 1.80 bits per heavy atom. The molecule has 116 valence electrons. The Labute approximate surface area is 142 Å². The molecule has 20 heavy (non-hydrogen) atoms. The van der Waals surface area contributed by atoms with Crippen LogP contribution in [0.15, 0.2) is 22.8 Å². The second-order valence-corrected chi connectivity index (χ2v) is 6.87.